The van der Waals surface area contributed by atoms with Gasteiger partial charge in [0.1, 0.15) is 0 Å². The van der Waals surface area contributed by atoms with Crippen LogP contribution in [-0.2, 0) is 6.54 Å². The van der Waals surface area contributed by atoms with Crippen LogP contribution in [0.3, 0.4) is 0 Å². The first-order chi connectivity index (χ1) is 10.1. The van der Waals surface area contributed by atoms with E-state index in [1.54, 1.807) is 29.5 Å². The van der Waals surface area contributed by atoms with Gasteiger partial charge >= 0.3 is 0 Å². The Morgan fingerprint density at radius 2 is 2.14 bits per heavy atom. The number of halogens is 2. The summed E-state index contributed by atoms with van der Waals surface area (Å²) in [7, 11) is 0. The summed E-state index contributed by atoms with van der Waals surface area (Å²) in [5, 5.41) is 7.28. The van der Waals surface area contributed by atoms with Crippen molar-refractivity contribution in [3.05, 3.63) is 50.6 Å². The largest absolute Gasteiger partial charge is 0.341 e. The zero-order valence-corrected chi connectivity index (χ0v) is 14.3. The molecule has 1 aliphatic carbocycles. The molecule has 0 radical (unpaired) electrons. The lowest BCUT2D eigenvalue weighted by Crippen LogP contribution is -2.35. The van der Waals surface area contributed by atoms with Crippen molar-refractivity contribution in [2.45, 2.75) is 25.4 Å². The van der Waals surface area contributed by atoms with Crippen LogP contribution in [-0.4, -0.2) is 16.1 Å². The molecule has 0 saturated heterocycles. The molecule has 1 aromatic heterocycles. The van der Waals surface area contributed by atoms with Crippen molar-refractivity contribution < 1.29 is 0 Å². The lowest BCUT2D eigenvalue weighted by atomic mass is 10.3. The number of rotatable bonds is 4. The van der Waals surface area contributed by atoms with Gasteiger partial charge in [-0.1, -0.05) is 29.3 Å². The second-order valence-electron chi connectivity index (χ2n) is 4.99. The average molecular weight is 357 g/mol. The van der Waals surface area contributed by atoms with Gasteiger partial charge in [-0.3, -0.25) is 0 Å². The van der Waals surface area contributed by atoms with Crippen LogP contribution in [0.25, 0.3) is 0 Å². The van der Waals surface area contributed by atoms with Crippen LogP contribution in [0.1, 0.15) is 17.7 Å². The van der Waals surface area contributed by atoms with Gasteiger partial charge in [0, 0.05) is 15.9 Å². The summed E-state index contributed by atoms with van der Waals surface area (Å²) < 4.78 is 0. The fraction of sp³-hybridized carbons (Fsp3) is 0.267. The summed E-state index contributed by atoms with van der Waals surface area (Å²) in [5.41, 5.74) is 0.756. The minimum Gasteiger partial charge on any atom is -0.341 e. The maximum atomic E-state index is 6.19. The molecule has 2 nitrogen and oxygen atoms in total. The number of nitrogens with zero attached hydrogens (tertiary/aromatic N) is 1. The van der Waals surface area contributed by atoms with Gasteiger partial charge in [0.05, 0.1) is 17.3 Å². The van der Waals surface area contributed by atoms with E-state index in [-0.39, 0.29) is 0 Å². The van der Waals surface area contributed by atoms with Crippen molar-refractivity contribution >= 4 is 57.6 Å². The van der Waals surface area contributed by atoms with E-state index >= 15 is 0 Å². The fourth-order valence-corrected chi connectivity index (χ4v) is 3.47. The van der Waals surface area contributed by atoms with Gasteiger partial charge < -0.3 is 10.2 Å². The van der Waals surface area contributed by atoms with E-state index < -0.39 is 0 Å². The number of hydrogen-bond acceptors (Lipinski definition) is 2. The molecule has 1 aromatic carbocycles. The highest BCUT2D eigenvalue weighted by atomic mass is 35.5. The highest BCUT2D eigenvalue weighted by molar-refractivity contribution is 7.80. The molecule has 1 aliphatic rings. The molecule has 1 heterocycles. The van der Waals surface area contributed by atoms with E-state index in [0.29, 0.717) is 21.2 Å². The Morgan fingerprint density at radius 3 is 2.81 bits per heavy atom. The molecule has 6 heteroatoms. The van der Waals surface area contributed by atoms with Crippen LogP contribution in [0, 0.1) is 0 Å². The Kier molecular flexibility index (Phi) is 4.69. The third-order valence-electron chi connectivity index (χ3n) is 3.32. The number of benzene rings is 1. The van der Waals surface area contributed by atoms with Gasteiger partial charge in [-0.05, 0) is 54.7 Å². The van der Waals surface area contributed by atoms with E-state index in [1.165, 1.54) is 17.7 Å². The topological polar surface area (TPSA) is 15.3 Å². The van der Waals surface area contributed by atoms with E-state index in [2.05, 4.69) is 27.7 Å². The summed E-state index contributed by atoms with van der Waals surface area (Å²) in [5.74, 6) is 0. The highest BCUT2D eigenvalue weighted by Gasteiger charge is 2.31. The minimum absolute atomic E-state index is 0.532. The minimum atomic E-state index is 0.532. The summed E-state index contributed by atoms with van der Waals surface area (Å²) in [6.45, 7) is 0.840. The molecule has 3 rings (SSSR count). The predicted molar refractivity (Wildman–Crippen MR) is 95.6 cm³/mol. The first kappa shape index (κ1) is 15.1. The zero-order valence-electron chi connectivity index (χ0n) is 11.2. The molecule has 1 saturated carbocycles. The predicted octanol–water partition coefficient (Wildman–Crippen LogP) is 5.42. The summed E-state index contributed by atoms with van der Waals surface area (Å²) >= 11 is 19.5. The molecule has 1 fully saturated rings. The number of thiophene rings is 1. The number of anilines is 1. The van der Waals surface area contributed by atoms with Crippen molar-refractivity contribution in [3.63, 3.8) is 0 Å². The van der Waals surface area contributed by atoms with Gasteiger partial charge in [-0.2, -0.15) is 0 Å². The van der Waals surface area contributed by atoms with Crippen LogP contribution in [0.5, 0.6) is 0 Å². The second kappa shape index (κ2) is 6.53. The Bertz CT molecular complexity index is 639. The van der Waals surface area contributed by atoms with E-state index in [4.69, 9.17) is 35.4 Å². The second-order valence-corrected chi connectivity index (χ2v) is 7.26. The first-order valence-corrected chi connectivity index (χ1v) is 8.73. The quantitative estimate of drug-likeness (QED) is 0.736. The molecule has 21 heavy (non-hydrogen) atoms. The van der Waals surface area contributed by atoms with E-state index in [0.717, 1.165) is 12.2 Å². The van der Waals surface area contributed by atoms with Crippen LogP contribution in [0.4, 0.5) is 5.69 Å². The molecule has 0 unspecified atom stereocenters. The molecule has 0 aliphatic heterocycles. The summed E-state index contributed by atoms with van der Waals surface area (Å²) in [6.07, 6.45) is 2.38. The van der Waals surface area contributed by atoms with Crippen LogP contribution in [0.15, 0.2) is 35.7 Å². The van der Waals surface area contributed by atoms with Crippen molar-refractivity contribution in [1.29, 1.82) is 0 Å². The molecular formula is C15H14Cl2N2S2. The lowest BCUT2D eigenvalue weighted by molar-refractivity contribution is 0.413. The molecule has 2 aromatic rings. The van der Waals surface area contributed by atoms with Crippen LogP contribution >= 0.6 is 46.8 Å². The first-order valence-electron chi connectivity index (χ1n) is 6.68. The molecule has 110 valence electrons. The van der Waals surface area contributed by atoms with Gasteiger partial charge in [0.2, 0.25) is 0 Å². The average Bonchev–Trinajstić information content (AvgIpc) is 3.16. The monoisotopic (exact) mass is 356 g/mol. The third kappa shape index (κ3) is 3.89. The van der Waals surface area contributed by atoms with Gasteiger partial charge in [0.15, 0.2) is 5.11 Å². The SMILES string of the molecule is S=C(Nc1cc(Cl)ccc1Cl)N(Cc1cccs1)C1CC1. The number of hydrogen-bond donors (Lipinski definition) is 1. The third-order valence-corrected chi connectivity index (χ3v) is 5.09. The van der Waals surface area contributed by atoms with Crippen molar-refractivity contribution in [2.24, 2.45) is 0 Å². The number of nitrogens with one attached hydrogen (secondary N) is 1. The van der Waals surface area contributed by atoms with Crippen molar-refractivity contribution in [3.8, 4) is 0 Å². The molecular weight excluding hydrogens is 343 g/mol. The number of thiocarbonyl (C=S) groups is 1. The van der Waals surface area contributed by atoms with Crippen LogP contribution < -0.4 is 5.32 Å². The molecule has 0 atom stereocenters. The van der Waals surface area contributed by atoms with Gasteiger partial charge in [-0.15, -0.1) is 11.3 Å². The molecule has 0 bridgehead atoms. The van der Waals surface area contributed by atoms with E-state index in [9.17, 15) is 0 Å². The van der Waals surface area contributed by atoms with Crippen LogP contribution in [0.2, 0.25) is 10.0 Å². The van der Waals surface area contributed by atoms with E-state index in [1.807, 2.05) is 0 Å². The molecule has 0 spiro atoms. The summed E-state index contributed by atoms with van der Waals surface area (Å²) in [6, 6.07) is 10.1. The van der Waals surface area contributed by atoms with Gasteiger partial charge in [-0.25, -0.2) is 0 Å². The van der Waals surface area contributed by atoms with Crippen molar-refractivity contribution in [2.75, 3.05) is 5.32 Å². The maximum absolute atomic E-state index is 6.19. The van der Waals surface area contributed by atoms with Crippen molar-refractivity contribution in [1.82, 2.24) is 4.90 Å². The zero-order chi connectivity index (χ0) is 14.8. The molecule has 1 N–H and O–H groups in total. The normalized spacial score (nSPS) is 14.0. The highest BCUT2D eigenvalue weighted by Crippen LogP contribution is 2.31. The Hall–Kier alpha value is -0.810. The smallest absolute Gasteiger partial charge is 0.174 e. The lowest BCUT2D eigenvalue weighted by Gasteiger charge is -2.25. The molecule has 0 amide bonds. The van der Waals surface area contributed by atoms with Gasteiger partial charge in [0.25, 0.3) is 0 Å². The Balaban J connectivity index is 1.73. The fourth-order valence-electron chi connectivity index (χ4n) is 2.10. The maximum Gasteiger partial charge on any atom is 0.174 e. The Morgan fingerprint density at radius 1 is 1.33 bits per heavy atom. The Labute approximate surface area is 143 Å². The standard InChI is InChI=1S/C15H14Cl2N2S2/c16-10-3-6-13(17)14(8-10)18-15(20)19(11-4-5-11)9-12-2-1-7-21-12/h1-3,6-8,11H,4-5,9H2,(H,18,20). The summed E-state index contributed by atoms with van der Waals surface area (Å²) in [4.78, 5) is 3.54.